The second-order valence-corrected chi connectivity index (χ2v) is 7.61. The van der Waals surface area contributed by atoms with E-state index in [9.17, 15) is 0 Å². The van der Waals surface area contributed by atoms with Crippen LogP contribution in [0.25, 0.3) is 17.0 Å². The predicted octanol–water partition coefficient (Wildman–Crippen LogP) is 4.04. The van der Waals surface area contributed by atoms with E-state index in [0.29, 0.717) is 5.78 Å². The van der Waals surface area contributed by atoms with Crippen LogP contribution in [0.15, 0.2) is 59.2 Å². The number of methoxy groups -OCH3 is 1. The standard InChI is InChI=1S/C20H16BrN5O/c1-27-16-7-5-14(6-8-16)20(9-10-20)18-24-25-19-23-17(12-22-26(18)19)13-3-2-4-15(21)11-13/h2-8,11-12H,9-10H2,1H3. The second kappa shape index (κ2) is 6.13. The van der Waals surface area contributed by atoms with Crippen molar-refractivity contribution in [1.82, 2.24) is 24.8 Å². The Morgan fingerprint density at radius 2 is 1.89 bits per heavy atom. The molecule has 1 fully saturated rings. The SMILES string of the molecule is COc1ccc(C2(c3nnc4nc(-c5cccc(Br)c5)cnn34)CC2)cc1. The summed E-state index contributed by atoms with van der Waals surface area (Å²) in [5.74, 6) is 2.21. The van der Waals surface area contributed by atoms with E-state index < -0.39 is 0 Å². The maximum absolute atomic E-state index is 5.27. The molecule has 2 aromatic carbocycles. The van der Waals surface area contributed by atoms with Crippen LogP contribution in [-0.2, 0) is 5.41 Å². The first-order chi connectivity index (χ1) is 13.2. The zero-order chi connectivity index (χ0) is 18.4. The quantitative estimate of drug-likeness (QED) is 0.497. The summed E-state index contributed by atoms with van der Waals surface area (Å²) < 4.78 is 8.03. The van der Waals surface area contributed by atoms with Gasteiger partial charge in [-0.3, -0.25) is 0 Å². The fourth-order valence-electron chi connectivity index (χ4n) is 3.46. The number of rotatable bonds is 4. The highest BCUT2D eigenvalue weighted by atomic mass is 79.9. The highest BCUT2D eigenvalue weighted by Crippen LogP contribution is 2.52. The summed E-state index contributed by atoms with van der Waals surface area (Å²) in [6, 6.07) is 16.1. The van der Waals surface area contributed by atoms with Crippen LogP contribution in [0.3, 0.4) is 0 Å². The summed E-state index contributed by atoms with van der Waals surface area (Å²) in [4.78, 5) is 4.66. The summed E-state index contributed by atoms with van der Waals surface area (Å²) in [6.07, 6.45) is 3.82. The van der Waals surface area contributed by atoms with E-state index in [1.165, 1.54) is 5.56 Å². The summed E-state index contributed by atoms with van der Waals surface area (Å²) in [7, 11) is 1.67. The molecule has 27 heavy (non-hydrogen) atoms. The largest absolute Gasteiger partial charge is 0.497 e. The molecule has 1 aliphatic carbocycles. The number of aromatic nitrogens is 5. The van der Waals surface area contributed by atoms with Crippen LogP contribution in [0.4, 0.5) is 0 Å². The van der Waals surface area contributed by atoms with Crippen LogP contribution >= 0.6 is 15.9 Å². The van der Waals surface area contributed by atoms with Crippen LogP contribution in [-0.4, -0.2) is 31.9 Å². The Labute approximate surface area is 164 Å². The van der Waals surface area contributed by atoms with Gasteiger partial charge < -0.3 is 4.74 Å². The van der Waals surface area contributed by atoms with Gasteiger partial charge in [-0.15, -0.1) is 10.2 Å². The Morgan fingerprint density at radius 3 is 2.59 bits per heavy atom. The van der Waals surface area contributed by atoms with Crippen molar-refractivity contribution in [2.75, 3.05) is 7.11 Å². The molecule has 2 aromatic heterocycles. The average molecular weight is 422 g/mol. The number of benzene rings is 2. The molecule has 6 nitrogen and oxygen atoms in total. The number of ether oxygens (including phenoxy) is 1. The van der Waals surface area contributed by atoms with Crippen molar-refractivity contribution >= 4 is 21.7 Å². The average Bonchev–Trinajstić information content (AvgIpc) is 3.40. The lowest BCUT2D eigenvalue weighted by Gasteiger charge is -2.13. The second-order valence-electron chi connectivity index (χ2n) is 6.70. The number of fused-ring (bicyclic) bond motifs is 1. The highest BCUT2D eigenvalue weighted by Gasteiger charge is 2.50. The van der Waals surface area contributed by atoms with E-state index in [0.717, 1.165) is 40.1 Å². The molecule has 0 amide bonds. The molecule has 0 N–H and O–H groups in total. The zero-order valence-electron chi connectivity index (χ0n) is 14.6. The molecule has 1 saturated carbocycles. The van der Waals surface area contributed by atoms with Gasteiger partial charge in [0.1, 0.15) is 5.75 Å². The lowest BCUT2D eigenvalue weighted by molar-refractivity contribution is 0.414. The third-order valence-electron chi connectivity index (χ3n) is 5.08. The van der Waals surface area contributed by atoms with Crippen LogP contribution in [0.5, 0.6) is 5.75 Å². The van der Waals surface area contributed by atoms with Crippen LogP contribution in [0.2, 0.25) is 0 Å². The smallest absolute Gasteiger partial charge is 0.272 e. The summed E-state index contributed by atoms with van der Waals surface area (Å²) in [5.41, 5.74) is 2.82. The van der Waals surface area contributed by atoms with Crippen molar-refractivity contribution < 1.29 is 4.74 Å². The molecule has 0 bridgehead atoms. The van der Waals surface area contributed by atoms with Gasteiger partial charge in [0.25, 0.3) is 5.78 Å². The van der Waals surface area contributed by atoms with Gasteiger partial charge in [0.2, 0.25) is 0 Å². The molecule has 0 unspecified atom stereocenters. The summed E-state index contributed by atoms with van der Waals surface area (Å²) in [5, 5.41) is 13.3. The molecule has 0 spiro atoms. The minimum atomic E-state index is -0.141. The molecule has 0 atom stereocenters. The first-order valence-electron chi connectivity index (χ1n) is 8.69. The van der Waals surface area contributed by atoms with Gasteiger partial charge in [-0.25, -0.2) is 4.98 Å². The zero-order valence-corrected chi connectivity index (χ0v) is 16.2. The van der Waals surface area contributed by atoms with Gasteiger partial charge in [0.15, 0.2) is 5.82 Å². The summed E-state index contributed by atoms with van der Waals surface area (Å²) in [6.45, 7) is 0. The van der Waals surface area contributed by atoms with Crippen molar-refractivity contribution in [1.29, 1.82) is 0 Å². The van der Waals surface area contributed by atoms with Crippen LogP contribution in [0, 0.1) is 0 Å². The van der Waals surface area contributed by atoms with E-state index >= 15 is 0 Å². The lowest BCUT2D eigenvalue weighted by Crippen LogP contribution is -2.15. The normalized spacial score (nSPS) is 15.0. The van der Waals surface area contributed by atoms with E-state index in [4.69, 9.17) is 4.74 Å². The van der Waals surface area contributed by atoms with E-state index in [-0.39, 0.29) is 5.41 Å². The molecule has 134 valence electrons. The van der Waals surface area contributed by atoms with Crippen molar-refractivity contribution in [3.8, 4) is 17.0 Å². The predicted molar refractivity (Wildman–Crippen MR) is 105 cm³/mol. The Hall–Kier alpha value is -2.80. The first-order valence-corrected chi connectivity index (χ1v) is 9.48. The van der Waals surface area contributed by atoms with Crippen molar-refractivity contribution in [3.63, 3.8) is 0 Å². The maximum atomic E-state index is 5.27. The molecule has 0 saturated heterocycles. The number of hydrogen-bond acceptors (Lipinski definition) is 5. The Balaban J connectivity index is 1.56. The third-order valence-corrected chi connectivity index (χ3v) is 5.57. The molecule has 4 aromatic rings. The highest BCUT2D eigenvalue weighted by molar-refractivity contribution is 9.10. The van der Waals surface area contributed by atoms with Crippen LogP contribution in [0.1, 0.15) is 24.2 Å². The van der Waals surface area contributed by atoms with E-state index in [2.05, 4.69) is 48.3 Å². The minimum absolute atomic E-state index is 0.141. The van der Waals surface area contributed by atoms with Crippen molar-refractivity contribution in [3.05, 3.63) is 70.6 Å². The van der Waals surface area contributed by atoms with Crippen molar-refractivity contribution in [2.45, 2.75) is 18.3 Å². The number of hydrogen-bond donors (Lipinski definition) is 0. The minimum Gasteiger partial charge on any atom is -0.497 e. The van der Waals surface area contributed by atoms with Gasteiger partial charge >= 0.3 is 0 Å². The molecular formula is C20H16BrN5O. The Bertz CT molecular complexity index is 1130. The van der Waals surface area contributed by atoms with E-state index in [1.54, 1.807) is 17.8 Å². The number of nitrogens with zero attached hydrogens (tertiary/aromatic N) is 5. The molecule has 0 aliphatic heterocycles. The molecule has 2 heterocycles. The van der Waals surface area contributed by atoms with Gasteiger partial charge in [0, 0.05) is 10.0 Å². The van der Waals surface area contributed by atoms with Gasteiger partial charge in [0.05, 0.1) is 24.4 Å². The topological polar surface area (TPSA) is 65.2 Å². The summed E-state index contributed by atoms with van der Waals surface area (Å²) >= 11 is 3.49. The van der Waals surface area contributed by atoms with Gasteiger partial charge in [-0.1, -0.05) is 40.2 Å². The molecule has 1 aliphatic rings. The monoisotopic (exact) mass is 421 g/mol. The maximum Gasteiger partial charge on any atom is 0.272 e. The van der Waals surface area contributed by atoms with Crippen LogP contribution < -0.4 is 4.74 Å². The van der Waals surface area contributed by atoms with Gasteiger partial charge in [-0.2, -0.15) is 9.61 Å². The lowest BCUT2D eigenvalue weighted by atomic mass is 9.95. The molecule has 0 radical (unpaired) electrons. The fraction of sp³-hybridized carbons (Fsp3) is 0.200. The van der Waals surface area contributed by atoms with E-state index in [1.807, 2.05) is 36.4 Å². The Morgan fingerprint density at radius 1 is 1.07 bits per heavy atom. The third kappa shape index (κ3) is 2.70. The molecule has 7 heteroatoms. The molecular weight excluding hydrogens is 406 g/mol. The van der Waals surface area contributed by atoms with Crippen molar-refractivity contribution in [2.24, 2.45) is 0 Å². The Kier molecular flexibility index (Phi) is 3.72. The first kappa shape index (κ1) is 16.4. The number of halogens is 1. The molecule has 5 rings (SSSR count). The van der Waals surface area contributed by atoms with Gasteiger partial charge in [-0.05, 0) is 42.7 Å². The fourth-order valence-corrected chi connectivity index (χ4v) is 3.86.